The fourth-order valence-electron chi connectivity index (χ4n) is 3.67. The summed E-state index contributed by atoms with van der Waals surface area (Å²) in [6, 6.07) is 10.3. The molecule has 0 radical (unpaired) electrons. The van der Waals surface area contributed by atoms with E-state index < -0.39 is 0 Å². The highest BCUT2D eigenvalue weighted by Gasteiger charge is 2.18. The molecular weight excluding hydrogens is 412 g/mol. The second-order valence-electron chi connectivity index (χ2n) is 7.86. The van der Waals surface area contributed by atoms with E-state index in [1.54, 1.807) is 30.3 Å². The highest BCUT2D eigenvalue weighted by atomic mass is 16.7. The predicted octanol–water partition coefficient (Wildman–Crippen LogP) is 1.80. The van der Waals surface area contributed by atoms with Gasteiger partial charge in [0.2, 0.25) is 6.79 Å². The van der Waals surface area contributed by atoms with Gasteiger partial charge in [-0.15, -0.1) is 0 Å². The van der Waals surface area contributed by atoms with Gasteiger partial charge in [-0.05, 0) is 36.4 Å². The third kappa shape index (κ3) is 5.12. The molecule has 2 aliphatic heterocycles. The Morgan fingerprint density at radius 1 is 1.00 bits per heavy atom. The van der Waals surface area contributed by atoms with Crippen LogP contribution in [0.5, 0.6) is 11.5 Å². The van der Waals surface area contributed by atoms with Crippen molar-refractivity contribution in [1.29, 1.82) is 0 Å². The third-order valence-corrected chi connectivity index (χ3v) is 5.43. The second-order valence-corrected chi connectivity index (χ2v) is 7.86. The molecule has 9 nitrogen and oxygen atoms in total. The number of hydrogen-bond donors (Lipinski definition) is 2. The molecule has 2 amide bonds. The monoisotopic (exact) mass is 440 g/mol. The average Bonchev–Trinajstić information content (AvgIpc) is 3.27. The number of ether oxygens (including phenoxy) is 3. The lowest BCUT2D eigenvalue weighted by atomic mass is 10.1. The molecule has 2 aromatic carbocycles. The van der Waals surface area contributed by atoms with E-state index in [0.29, 0.717) is 34.9 Å². The van der Waals surface area contributed by atoms with Gasteiger partial charge in [-0.25, -0.2) is 0 Å². The van der Waals surface area contributed by atoms with Gasteiger partial charge in [0, 0.05) is 57.2 Å². The van der Waals surface area contributed by atoms with Gasteiger partial charge in [0.15, 0.2) is 11.5 Å². The van der Waals surface area contributed by atoms with Crippen LogP contribution in [0.25, 0.3) is 0 Å². The zero-order chi connectivity index (χ0) is 22.5. The smallest absolute Gasteiger partial charge is 0.255 e. The lowest BCUT2D eigenvalue weighted by Gasteiger charge is -2.26. The number of anilines is 2. The van der Waals surface area contributed by atoms with Gasteiger partial charge < -0.3 is 29.7 Å². The first-order valence-electron chi connectivity index (χ1n) is 10.6. The molecule has 4 rings (SSSR count). The van der Waals surface area contributed by atoms with Gasteiger partial charge in [-0.3, -0.25) is 14.5 Å². The first-order valence-corrected chi connectivity index (χ1v) is 10.6. The van der Waals surface area contributed by atoms with Gasteiger partial charge >= 0.3 is 0 Å². The molecule has 0 unspecified atom stereocenters. The third-order valence-electron chi connectivity index (χ3n) is 5.43. The summed E-state index contributed by atoms with van der Waals surface area (Å²) >= 11 is 0. The minimum absolute atomic E-state index is 0.149. The summed E-state index contributed by atoms with van der Waals surface area (Å²) in [4.78, 5) is 29.8. The Labute approximate surface area is 187 Å². The molecule has 1 fully saturated rings. The standard InChI is InChI=1S/C23H28N4O5/c1-26(2)19-5-4-17(25-22(28)16-3-6-20-21(13-16)32-15-31-20)14-18(19)23(29)24-7-8-27-9-11-30-12-10-27/h3-6,13-14H,7-12,15H2,1-2H3,(H,24,29)(H,25,28). The summed E-state index contributed by atoms with van der Waals surface area (Å²) in [6.07, 6.45) is 0. The highest BCUT2D eigenvalue weighted by molar-refractivity contribution is 6.06. The number of nitrogens with zero attached hydrogens (tertiary/aromatic N) is 2. The van der Waals surface area contributed by atoms with Crippen molar-refractivity contribution in [1.82, 2.24) is 10.2 Å². The van der Waals surface area contributed by atoms with Crippen molar-refractivity contribution in [3.63, 3.8) is 0 Å². The van der Waals surface area contributed by atoms with E-state index in [1.807, 2.05) is 25.1 Å². The molecule has 2 aliphatic rings. The summed E-state index contributed by atoms with van der Waals surface area (Å²) in [5, 5.41) is 5.85. The van der Waals surface area contributed by atoms with Crippen LogP contribution in [0, 0.1) is 0 Å². The van der Waals surface area contributed by atoms with Gasteiger partial charge in [-0.1, -0.05) is 0 Å². The maximum atomic E-state index is 12.9. The van der Waals surface area contributed by atoms with Crippen molar-refractivity contribution >= 4 is 23.2 Å². The first kappa shape index (κ1) is 21.9. The van der Waals surface area contributed by atoms with E-state index >= 15 is 0 Å². The molecule has 0 aromatic heterocycles. The number of fused-ring (bicyclic) bond motifs is 1. The highest BCUT2D eigenvalue weighted by Crippen LogP contribution is 2.32. The molecular formula is C23H28N4O5. The van der Waals surface area contributed by atoms with Crippen molar-refractivity contribution in [2.24, 2.45) is 0 Å². The van der Waals surface area contributed by atoms with E-state index in [0.717, 1.165) is 38.5 Å². The van der Waals surface area contributed by atoms with Crippen LogP contribution in [0.3, 0.4) is 0 Å². The van der Waals surface area contributed by atoms with E-state index in [1.165, 1.54) is 0 Å². The number of rotatable bonds is 7. The number of carbonyl (C=O) groups is 2. The zero-order valence-electron chi connectivity index (χ0n) is 18.3. The lowest BCUT2D eigenvalue weighted by molar-refractivity contribution is 0.0383. The van der Waals surface area contributed by atoms with Crippen molar-refractivity contribution in [3.8, 4) is 11.5 Å². The minimum atomic E-state index is -0.292. The van der Waals surface area contributed by atoms with Crippen LogP contribution in [0.1, 0.15) is 20.7 Å². The van der Waals surface area contributed by atoms with Crippen molar-refractivity contribution in [2.75, 3.05) is 70.5 Å². The Kier molecular flexibility index (Phi) is 6.77. The number of nitrogens with one attached hydrogen (secondary N) is 2. The normalized spacial score (nSPS) is 15.3. The minimum Gasteiger partial charge on any atom is -0.454 e. The van der Waals surface area contributed by atoms with Crippen molar-refractivity contribution in [3.05, 3.63) is 47.5 Å². The van der Waals surface area contributed by atoms with Crippen molar-refractivity contribution in [2.45, 2.75) is 0 Å². The molecule has 0 saturated carbocycles. The molecule has 9 heteroatoms. The summed E-state index contributed by atoms with van der Waals surface area (Å²) in [5.74, 6) is 0.689. The summed E-state index contributed by atoms with van der Waals surface area (Å²) < 4.78 is 16.0. The fraction of sp³-hybridized carbons (Fsp3) is 0.391. The molecule has 2 aromatic rings. The number of morpholine rings is 1. The molecule has 0 aliphatic carbocycles. The SMILES string of the molecule is CN(C)c1ccc(NC(=O)c2ccc3c(c2)OCO3)cc1C(=O)NCCN1CCOCC1. The Morgan fingerprint density at radius 2 is 1.78 bits per heavy atom. The molecule has 2 heterocycles. The molecule has 2 N–H and O–H groups in total. The van der Waals surface area contributed by atoms with Gasteiger partial charge in [0.05, 0.1) is 18.8 Å². The second kappa shape index (κ2) is 9.88. The molecule has 0 atom stereocenters. The van der Waals surface area contributed by atoms with E-state index in [4.69, 9.17) is 14.2 Å². The first-order chi connectivity index (χ1) is 15.5. The van der Waals surface area contributed by atoms with Crippen LogP contribution in [0.4, 0.5) is 11.4 Å². The van der Waals surface area contributed by atoms with Crippen molar-refractivity contribution < 1.29 is 23.8 Å². The summed E-state index contributed by atoms with van der Waals surface area (Å²) in [5.41, 5.74) is 2.26. The van der Waals surface area contributed by atoms with Gasteiger partial charge in [0.1, 0.15) is 0 Å². The predicted molar refractivity (Wildman–Crippen MR) is 121 cm³/mol. The molecule has 0 spiro atoms. The number of benzene rings is 2. The van der Waals surface area contributed by atoms with E-state index in [-0.39, 0.29) is 18.6 Å². The van der Waals surface area contributed by atoms with Crippen LogP contribution in [0.15, 0.2) is 36.4 Å². The maximum absolute atomic E-state index is 12.9. The topological polar surface area (TPSA) is 92.4 Å². The van der Waals surface area contributed by atoms with Crippen LogP contribution in [0.2, 0.25) is 0 Å². The van der Waals surface area contributed by atoms with Crippen LogP contribution in [-0.4, -0.2) is 77.0 Å². The summed E-state index contributed by atoms with van der Waals surface area (Å²) in [6.45, 7) is 4.66. The van der Waals surface area contributed by atoms with Crippen LogP contribution >= 0.6 is 0 Å². The Morgan fingerprint density at radius 3 is 2.56 bits per heavy atom. The Hall–Kier alpha value is -3.30. The maximum Gasteiger partial charge on any atom is 0.255 e. The van der Waals surface area contributed by atoms with Gasteiger partial charge in [0.25, 0.3) is 11.8 Å². The molecule has 170 valence electrons. The Bertz CT molecular complexity index is 988. The average molecular weight is 441 g/mol. The largest absolute Gasteiger partial charge is 0.454 e. The van der Waals surface area contributed by atoms with E-state index in [2.05, 4.69) is 15.5 Å². The van der Waals surface area contributed by atoms with Crippen LogP contribution in [-0.2, 0) is 4.74 Å². The molecule has 0 bridgehead atoms. The molecule has 1 saturated heterocycles. The fourth-order valence-corrected chi connectivity index (χ4v) is 3.67. The zero-order valence-corrected chi connectivity index (χ0v) is 18.3. The van der Waals surface area contributed by atoms with Crippen LogP contribution < -0.4 is 25.0 Å². The van der Waals surface area contributed by atoms with Gasteiger partial charge in [-0.2, -0.15) is 0 Å². The number of hydrogen-bond acceptors (Lipinski definition) is 7. The quantitative estimate of drug-likeness (QED) is 0.678. The lowest BCUT2D eigenvalue weighted by Crippen LogP contribution is -2.41. The Balaban J connectivity index is 1.43. The molecule has 32 heavy (non-hydrogen) atoms. The number of carbonyl (C=O) groups excluding carboxylic acids is 2. The summed E-state index contributed by atoms with van der Waals surface area (Å²) in [7, 11) is 3.76. The van der Waals surface area contributed by atoms with E-state index in [9.17, 15) is 9.59 Å². The number of amides is 2.